The number of hydrogen-bond acceptors (Lipinski definition) is 5. The number of ether oxygens (including phenoxy) is 1. The van der Waals surface area contributed by atoms with Gasteiger partial charge in [-0.05, 0) is 43.5 Å². The largest absolute Gasteiger partial charge is 0.450 e. The van der Waals surface area contributed by atoms with Crippen molar-refractivity contribution in [2.75, 3.05) is 19.7 Å². The first-order valence-electron chi connectivity index (χ1n) is 10.0. The summed E-state index contributed by atoms with van der Waals surface area (Å²) in [5.74, 6) is -0.248. The first-order valence-corrected chi connectivity index (χ1v) is 11.3. The zero-order chi connectivity index (χ0) is 21.1. The molecule has 2 heterocycles. The molecule has 8 heteroatoms. The Balaban J connectivity index is 1.53. The predicted molar refractivity (Wildman–Crippen MR) is 118 cm³/mol. The van der Waals surface area contributed by atoms with Crippen molar-refractivity contribution in [2.45, 2.75) is 32.4 Å². The highest BCUT2D eigenvalue weighted by Gasteiger charge is 2.24. The Labute approximate surface area is 183 Å². The summed E-state index contributed by atoms with van der Waals surface area (Å²) in [6, 6.07) is 9.23. The number of halogens is 2. The number of aromatic nitrogens is 1. The second-order valence-electron chi connectivity index (χ2n) is 7.35. The summed E-state index contributed by atoms with van der Waals surface area (Å²) in [4.78, 5) is 18.2. The van der Waals surface area contributed by atoms with Crippen molar-refractivity contribution in [1.29, 1.82) is 0 Å². The Hall–Kier alpha value is -2.22. The molecule has 0 aliphatic carbocycles. The number of carbonyl (C=O) groups is 1. The van der Waals surface area contributed by atoms with Crippen molar-refractivity contribution in [3.63, 3.8) is 0 Å². The number of carbonyl (C=O) groups excluding carboxylic acids is 1. The van der Waals surface area contributed by atoms with Gasteiger partial charge in [0.05, 0.1) is 22.3 Å². The van der Waals surface area contributed by atoms with Gasteiger partial charge in [-0.15, -0.1) is 11.3 Å². The van der Waals surface area contributed by atoms with Crippen LogP contribution in [0.1, 0.15) is 25.3 Å². The summed E-state index contributed by atoms with van der Waals surface area (Å²) >= 11 is 7.66. The van der Waals surface area contributed by atoms with Gasteiger partial charge in [0.25, 0.3) is 0 Å². The fourth-order valence-electron chi connectivity index (χ4n) is 3.87. The van der Waals surface area contributed by atoms with E-state index in [4.69, 9.17) is 16.3 Å². The second kappa shape index (κ2) is 9.29. The molecule has 1 aliphatic heterocycles. The third kappa shape index (κ3) is 4.58. The molecule has 0 atom stereocenters. The van der Waals surface area contributed by atoms with E-state index in [-0.39, 0.29) is 18.0 Å². The van der Waals surface area contributed by atoms with Gasteiger partial charge in [-0.3, -0.25) is 4.90 Å². The van der Waals surface area contributed by atoms with Crippen LogP contribution in [0.3, 0.4) is 0 Å². The lowest BCUT2D eigenvalue weighted by Gasteiger charge is -2.32. The molecule has 0 saturated carbocycles. The minimum atomic E-state index is -0.371. The van der Waals surface area contributed by atoms with Crippen LogP contribution in [-0.2, 0) is 11.3 Å². The lowest BCUT2D eigenvalue weighted by Crippen LogP contribution is -2.44. The van der Waals surface area contributed by atoms with Crippen molar-refractivity contribution in [3.8, 4) is 11.1 Å². The van der Waals surface area contributed by atoms with Gasteiger partial charge < -0.3 is 10.1 Å². The highest BCUT2D eigenvalue weighted by molar-refractivity contribution is 7.16. The number of nitrogens with zero attached hydrogens (tertiary/aromatic N) is 2. The molecule has 30 heavy (non-hydrogen) atoms. The van der Waals surface area contributed by atoms with E-state index in [1.54, 1.807) is 24.6 Å². The van der Waals surface area contributed by atoms with Gasteiger partial charge in [-0.1, -0.05) is 23.7 Å². The summed E-state index contributed by atoms with van der Waals surface area (Å²) in [5.41, 5.74) is 4.30. The third-order valence-corrected chi connectivity index (χ3v) is 6.34. The van der Waals surface area contributed by atoms with E-state index < -0.39 is 0 Å². The normalized spacial score (nSPS) is 15.4. The molecule has 1 amide bonds. The van der Waals surface area contributed by atoms with Crippen LogP contribution in [0.15, 0.2) is 35.8 Å². The number of hydrogen-bond donors (Lipinski definition) is 1. The van der Waals surface area contributed by atoms with E-state index in [0.717, 1.165) is 36.2 Å². The van der Waals surface area contributed by atoms with Crippen molar-refractivity contribution in [1.82, 2.24) is 15.2 Å². The molecule has 1 aliphatic rings. The van der Waals surface area contributed by atoms with Crippen LogP contribution in [0.25, 0.3) is 21.3 Å². The van der Waals surface area contributed by atoms with Gasteiger partial charge in [0.15, 0.2) is 0 Å². The molecule has 158 valence electrons. The predicted octanol–water partition coefficient (Wildman–Crippen LogP) is 5.47. The van der Waals surface area contributed by atoms with Crippen molar-refractivity contribution < 1.29 is 13.9 Å². The Morgan fingerprint density at radius 2 is 2.17 bits per heavy atom. The minimum Gasteiger partial charge on any atom is -0.450 e. The Morgan fingerprint density at radius 3 is 2.90 bits per heavy atom. The maximum Gasteiger partial charge on any atom is 0.407 e. The Bertz CT molecular complexity index is 1050. The average molecular weight is 448 g/mol. The maximum absolute atomic E-state index is 15.6. The molecule has 1 aromatic heterocycles. The lowest BCUT2D eigenvalue weighted by atomic mass is 9.99. The van der Waals surface area contributed by atoms with Crippen molar-refractivity contribution in [3.05, 3.63) is 52.2 Å². The summed E-state index contributed by atoms with van der Waals surface area (Å²) in [5, 5.41) is 3.46. The molecule has 0 bridgehead atoms. The molecule has 1 N–H and O–H groups in total. The fraction of sp³-hybridized carbons (Fsp3) is 0.364. The van der Waals surface area contributed by atoms with Gasteiger partial charge in [0.1, 0.15) is 5.82 Å². The van der Waals surface area contributed by atoms with E-state index in [1.165, 1.54) is 11.3 Å². The number of piperidine rings is 1. The molecule has 5 nitrogen and oxygen atoms in total. The zero-order valence-corrected chi connectivity index (χ0v) is 18.2. The number of nitrogens with one attached hydrogen (secondary N) is 1. The number of alkyl carbamates (subject to hydrolysis) is 1. The molecule has 4 rings (SSSR count). The van der Waals surface area contributed by atoms with E-state index in [1.807, 2.05) is 18.2 Å². The van der Waals surface area contributed by atoms with Crippen LogP contribution in [0.2, 0.25) is 5.02 Å². The SMILES string of the molecule is CCOC(=O)NC1CCN(Cc2cc3scnc3c(-c3cccc(Cl)c3)c2F)CC1. The average Bonchev–Trinajstić information content (AvgIpc) is 3.18. The second-order valence-corrected chi connectivity index (χ2v) is 8.67. The summed E-state index contributed by atoms with van der Waals surface area (Å²) in [6.45, 7) is 4.22. The van der Waals surface area contributed by atoms with Crippen LogP contribution in [0.5, 0.6) is 0 Å². The Morgan fingerprint density at radius 1 is 1.37 bits per heavy atom. The molecule has 2 aromatic carbocycles. The van der Waals surface area contributed by atoms with Gasteiger partial charge in [-0.25, -0.2) is 14.2 Å². The summed E-state index contributed by atoms with van der Waals surface area (Å²) < 4.78 is 21.5. The zero-order valence-electron chi connectivity index (χ0n) is 16.7. The van der Waals surface area contributed by atoms with Crippen LogP contribution < -0.4 is 5.32 Å². The quantitative estimate of drug-likeness (QED) is 0.563. The number of rotatable bonds is 5. The van der Waals surface area contributed by atoms with Crippen LogP contribution in [0.4, 0.5) is 9.18 Å². The summed E-state index contributed by atoms with van der Waals surface area (Å²) in [7, 11) is 0. The van der Waals surface area contributed by atoms with Gasteiger partial charge in [0.2, 0.25) is 0 Å². The highest BCUT2D eigenvalue weighted by Crippen LogP contribution is 2.36. The van der Waals surface area contributed by atoms with E-state index in [2.05, 4.69) is 15.2 Å². The molecule has 0 unspecified atom stereocenters. The number of thiazole rings is 1. The molecular formula is C22H23ClFN3O2S. The fourth-order valence-corrected chi connectivity index (χ4v) is 4.81. The molecular weight excluding hydrogens is 425 g/mol. The minimum absolute atomic E-state index is 0.0937. The molecule has 1 fully saturated rings. The summed E-state index contributed by atoms with van der Waals surface area (Å²) in [6.07, 6.45) is 1.25. The monoisotopic (exact) mass is 447 g/mol. The highest BCUT2D eigenvalue weighted by atomic mass is 35.5. The van der Waals surface area contributed by atoms with E-state index >= 15 is 4.39 Å². The molecule has 1 saturated heterocycles. The topological polar surface area (TPSA) is 54.5 Å². The van der Waals surface area contributed by atoms with Gasteiger partial charge in [-0.2, -0.15) is 0 Å². The Kier molecular flexibility index (Phi) is 6.51. The maximum atomic E-state index is 15.6. The van der Waals surface area contributed by atoms with Crippen LogP contribution in [0, 0.1) is 5.82 Å². The molecule has 0 spiro atoms. The molecule has 3 aromatic rings. The van der Waals surface area contributed by atoms with Crippen molar-refractivity contribution >= 4 is 39.2 Å². The van der Waals surface area contributed by atoms with E-state index in [0.29, 0.717) is 34.8 Å². The van der Waals surface area contributed by atoms with Gasteiger partial charge in [0, 0.05) is 41.8 Å². The number of benzene rings is 2. The number of amides is 1. The van der Waals surface area contributed by atoms with Gasteiger partial charge >= 0.3 is 6.09 Å². The van der Waals surface area contributed by atoms with Crippen LogP contribution in [-0.4, -0.2) is 41.7 Å². The van der Waals surface area contributed by atoms with Crippen LogP contribution >= 0.6 is 22.9 Å². The van der Waals surface area contributed by atoms with E-state index in [9.17, 15) is 4.79 Å². The molecule has 0 radical (unpaired) electrons. The standard InChI is InChI=1S/C22H23ClFN3O2S/c1-2-29-22(28)26-17-6-8-27(9-7-17)12-15-11-18-21(25-13-30-18)19(20(15)24)14-4-3-5-16(23)10-14/h3-5,10-11,13,17H,2,6-9,12H2,1H3,(H,26,28). The third-order valence-electron chi connectivity index (χ3n) is 5.33. The first kappa shape index (κ1) is 21.0. The first-order chi connectivity index (χ1) is 14.5. The smallest absolute Gasteiger partial charge is 0.407 e. The lowest BCUT2D eigenvalue weighted by molar-refractivity contribution is 0.135. The number of likely N-dealkylation sites (tertiary alicyclic amines) is 1. The number of fused-ring (bicyclic) bond motifs is 1. The van der Waals surface area contributed by atoms with Crippen molar-refractivity contribution in [2.24, 2.45) is 0 Å².